The molecule has 2 aliphatic heterocycles. The predicted molar refractivity (Wildman–Crippen MR) is 131 cm³/mol. The first-order valence-electron chi connectivity index (χ1n) is 10.7. The molecule has 0 saturated carbocycles. The number of benzene rings is 3. The molecular formula is C26H19BrN2O6. The number of carbonyl (C=O) groups is 3. The van der Waals surface area contributed by atoms with Gasteiger partial charge in [-0.2, -0.15) is 0 Å². The predicted octanol–water partition coefficient (Wildman–Crippen LogP) is 4.73. The quantitative estimate of drug-likeness (QED) is 0.375. The molecule has 8 nitrogen and oxygen atoms in total. The van der Waals surface area contributed by atoms with E-state index in [4.69, 9.17) is 14.2 Å². The molecule has 3 aromatic carbocycles. The van der Waals surface area contributed by atoms with Crippen LogP contribution in [0.3, 0.4) is 0 Å². The largest absolute Gasteiger partial charge is 0.488 e. The minimum Gasteiger partial charge on any atom is -0.488 e. The summed E-state index contributed by atoms with van der Waals surface area (Å²) < 4.78 is 17.1. The molecule has 0 aliphatic carbocycles. The van der Waals surface area contributed by atoms with Crippen molar-refractivity contribution in [3.63, 3.8) is 0 Å². The number of imide groups is 2. The van der Waals surface area contributed by atoms with Crippen LogP contribution in [0.4, 0.5) is 10.5 Å². The van der Waals surface area contributed by atoms with Crippen molar-refractivity contribution in [2.45, 2.75) is 13.5 Å². The van der Waals surface area contributed by atoms with Crippen molar-refractivity contribution in [2.75, 3.05) is 11.7 Å². The van der Waals surface area contributed by atoms with Gasteiger partial charge in [0.15, 0.2) is 11.5 Å². The highest BCUT2D eigenvalue weighted by Crippen LogP contribution is 2.36. The van der Waals surface area contributed by atoms with Gasteiger partial charge in [0.05, 0.1) is 10.2 Å². The number of urea groups is 1. The van der Waals surface area contributed by atoms with Gasteiger partial charge in [0.2, 0.25) is 6.79 Å². The normalized spacial score (nSPS) is 16.0. The molecule has 0 atom stereocenters. The first kappa shape index (κ1) is 22.7. The van der Waals surface area contributed by atoms with Crippen LogP contribution in [-0.2, 0) is 16.2 Å². The van der Waals surface area contributed by atoms with Crippen LogP contribution >= 0.6 is 15.9 Å². The lowest BCUT2D eigenvalue weighted by molar-refractivity contribution is -0.122. The number of carbonyl (C=O) groups excluding carboxylic acids is 3. The Hall–Kier alpha value is -4.11. The minimum atomic E-state index is -0.836. The number of ether oxygens (including phenoxy) is 3. The third-order valence-electron chi connectivity index (χ3n) is 5.50. The summed E-state index contributed by atoms with van der Waals surface area (Å²) in [6.07, 6.45) is 1.43. The van der Waals surface area contributed by atoms with Crippen LogP contribution in [0, 0.1) is 6.92 Å². The highest BCUT2D eigenvalue weighted by atomic mass is 79.9. The molecule has 0 bridgehead atoms. The number of halogens is 1. The minimum absolute atomic E-state index is 0.0577. The number of nitrogens with zero attached hydrogens (tertiary/aromatic N) is 1. The van der Waals surface area contributed by atoms with Crippen LogP contribution in [0.2, 0.25) is 0 Å². The fourth-order valence-corrected chi connectivity index (χ4v) is 4.16. The van der Waals surface area contributed by atoms with E-state index in [0.717, 1.165) is 10.5 Å². The number of aryl methyl sites for hydroxylation is 1. The van der Waals surface area contributed by atoms with Gasteiger partial charge in [0, 0.05) is 6.07 Å². The van der Waals surface area contributed by atoms with E-state index in [2.05, 4.69) is 21.2 Å². The second-order valence-corrected chi connectivity index (χ2v) is 8.81. The first-order valence-corrected chi connectivity index (χ1v) is 11.5. The molecular weight excluding hydrogens is 516 g/mol. The van der Waals surface area contributed by atoms with Crippen LogP contribution in [-0.4, -0.2) is 24.6 Å². The third kappa shape index (κ3) is 4.63. The standard InChI is InChI=1S/C26H19BrN2O6/c1-15-2-4-16(5-3-15)13-33-21-8-6-17(11-20(21)27)10-19-24(30)28-26(32)29(25(19)31)18-7-9-22-23(12-18)35-14-34-22/h2-12H,13-14H2,1H3,(H,28,30,32)/b19-10+. The summed E-state index contributed by atoms with van der Waals surface area (Å²) in [6.45, 7) is 2.48. The monoisotopic (exact) mass is 534 g/mol. The molecule has 1 saturated heterocycles. The van der Waals surface area contributed by atoms with Gasteiger partial charge in [-0.25, -0.2) is 9.69 Å². The molecule has 0 aromatic heterocycles. The van der Waals surface area contributed by atoms with E-state index < -0.39 is 17.8 Å². The zero-order valence-electron chi connectivity index (χ0n) is 18.5. The number of hydrogen-bond donors (Lipinski definition) is 1. The van der Waals surface area contributed by atoms with Crippen molar-refractivity contribution in [1.82, 2.24) is 5.32 Å². The highest BCUT2D eigenvalue weighted by Gasteiger charge is 2.37. The van der Waals surface area contributed by atoms with Crippen molar-refractivity contribution in [3.8, 4) is 17.2 Å². The molecule has 176 valence electrons. The van der Waals surface area contributed by atoms with Gasteiger partial charge in [0.1, 0.15) is 17.9 Å². The van der Waals surface area contributed by atoms with Crippen LogP contribution in [0.15, 0.2) is 70.7 Å². The maximum absolute atomic E-state index is 13.2. The van der Waals surface area contributed by atoms with Crippen LogP contribution in [0.1, 0.15) is 16.7 Å². The summed E-state index contributed by atoms with van der Waals surface area (Å²) >= 11 is 3.48. The van der Waals surface area contributed by atoms with Gasteiger partial charge < -0.3 is 14.2 Å². The summed E-state index contributed by atoms with van der Waals surface area (Å²) in [5.41, 5.74) is 2.87. The van der Waals surface area contributed by atoms with Gasteiger partial charge in [0.25, 0.3) is 11.8 Å². The average Bonchev–Trinajstić information content (AvgIpc) is 3.30. The number of anilines is 1. The van der Waals surface area contributed by atoms with Gasteiger partial charge in [-0.05, 0) is 64.3 Å². The highest BCUT2D eigenvalue weighted by molar-refractivity contribution is 9.10. The Morgan fingerprint density at radius 2 is 1.77 bits per heavy atom. The second kappa shape index (κ2) is 9.27. The van der Waals surface area contributed by atoms with Crippen molar-refractivity contribution in [1.29, 1.82) is 0 Å². The fraction of sp³-hybridized carbons (Fsp3) is 0.115. The van der Waals surface area contributed by atoms with E-state index in [0.29, 0.717) is 33.9 Å². The number of hydrogen-bond acceptors (Lipinski definition) is 6. The summed E-state index contributed by atoms with van der Waals surface area (Å²) in [5, 5.41) is 2.22. The molecule has 35 heavy (non-hydrogen) atoms. The van der Waals surface area contributed by atoms with Crippen molar-refractivity contribution in [2.24, 2.45) is 0 Å². The molecule has 3 aromatic rings. The number of nitrogens with one attached hydrogen (secondary N) is 1. The van der Waals surface area contributed by atoms with Gasteiger partial charge in [-0.3, -0.25) is 14.9 Å². The Bertz CT molecular complexity index is 1380. The van der Waals surface area contributed by atoms with Gasteiger partial charge in [-0.1, -0.05) is 35.9 Å². The summed E-state index contributed by atoms with van der Waals surface area (Å²) in [5.74, 6) is 0.0289. The maximum Gasteiger partial charge on any atom is 0.335 e. The molecule has 2 aliphatic rings. The molecule has 1 N–H and O–H groups in total. The van der Waals surface area contributed by atoms with Gasteiger partial charge >= 0.3 is 6.03 Å². The van der Waals surface area contributed by atoms with E-state index in [9.17, 15) is 14.4 Å². The number of amides is 4. The lowest BCUT2D eigenvalue weighted by Gasteiger charge is -2.26. The number of fused-ring (bicyclic) bond motifs is 1. The summed E-state index contributed by atoms with van der Waals surface area (Å²) in [4.78, 5) is 39.0. The zero-order chi connectivity index (χ0) is 24.5. The topological polar surface area (TPSA) is 94.2 Å². The number of rotatable bonds is 5. The van der Waals surface area contributed by atoms with E-state index in [1.54, 1.807) is 30.3 Å². The summed E-state index contributed by atoms with van der Waals surface area (Å²) in [7, 11) is 0. The SMILES string of the molecule is Cc1ccc(COc2ccc(/C=C3\C(=O)NC(=O)N(c4ccc5c(c4)OCO5)C3=O)cc2Br)cc1. The molecule has 0 radical (unpaired) electrons. The molecule has 2 heterocycles. The molecule has 0 unspecified atom stereocenters. The Balaban J connectivity index is 1.37. The van der Waals surface area contributed by atoms with Crippen molar-refractivity contribution < 1.29 is 28.6 Å². The van der Waals surface area contributed by atoms with Gasteiger partial charge in [-0.15, -0.1) is 0 Å². The first-order chi connectivity index (χ1) is 16.9. The van der Waals surface area contributed by atoms with Crippen LogP contribution < -0.4 is 24.4 Å². The van der Waals surface area contributed by atoms with Crippen molar-refractivity contribution in [3.05, 3.63) is 87.4 Å². The van der Waals surface area contributed by atoms with Crippen LogP contribution in [0.25, 0.3) is 6.08 Å². The molecule has 1 fully saturated rings. The fourth-order valence-electron chi connectivity index (χ4n) is 3.65. The lowest BCUT2D eigenvalue weighted by Crippen LogP contribution is -2.54. The third-order valence-corrected chi connectivity index (χ3v) is 6.12. The Labute approximate surface area is 209 Å². The van der Waals surface area contributed by atoms with E-state index in [1.165, 1.54) is 17.7 Å². The van der Waals surface area contributed by atoms with E-state index in [1.807, 2.05) is 31.2 Å². The summed E-state index contributed by atoms with van der Waals surface area (Å²) in [6, 6.07) is 17.1. The molecule has 4 amide bonds. The number of barbiturate groups is 1. The molecule has 5 rings (SSSR count). The smallest absolute Gasteiger partial charge is 0.335 e. The zero-order valence-corrected chi connectivity index (χ0v) is 20.1. The Morgan fingerprint density at radius 3 is 2.54 bits per heavy atom. The molecule has 9 heteroatoms. The Morgan fingerprint density at radius 1 is 1.00 bits per heavy atom. The average molecular weight is 535 g/mol. The maximum atomic E-state index is 13.2. The van der Waals surface area contributed by atoms with E-state index >= 15 is 0 Å². The molecule has 0 spiro atoms. The Kier molecular flexibility index (Phi) is 6.00. The second-order valence-electron chi connectivity index (χ2n) is 7.96. The van der Waals surface area contributed by atoms with Crippen molar-refractivity contribution >= 4 is 45.5 Å². The lowest BCUT2D eigenvalue weighted by atomic mass is 10.1. The van der Waals surface area contributed by atoms with E-state index in [-0.39, 0.29) is 18.1 Å². The van der Waals surface area contributed by atoms with Crippen LogP contribution in [0.5, 0.6) is 17.2 Å².